The predicted molar refractivity (Wildman–Crippen MR) is 143 cm³/mol. The molecule has 5 N–H and O–H groups in total. The highest BCUT2D eigenvalue weighted by Crippen LogP contribution is 2.37. The number of nitrogens with one attached hydrogen (secondary N) is 3. The maximum atomic E-state index is 12.8. The van der Waals surface area contributed by atoms with Crippen LogP contribution in [0.15, 0.2) is 54.9 Å². The van der Waals surface area contributed by atoms with E-state index in [9.17, 15) is 4.79 Å². The minimum Gasteiger partial charge on any atom is -0.495 e. The van der Waals surface area contributed by atoms with Crippen molar-refractivity contribution >= 4 is 39.3 Å². The summed E-state index contributed by atoms with van der Waals surface area (Å²) in [6.07, 6.45) is 3.63. The molecule has 1 amide bonds. The molecule has 10 nitrogen and oxygen atoms in total. The number of aromatic nitrogens is 5. The molecule has 3 aromatic heterocycles. The molecule has 0 saturated carbocycles. The molecule has 0 unspecified atom stereocenters. The minimum absolute atomic E-state index is 0.143. The van der Waals surface area contributed by atoms with E-state index >= 15 is 0 Å². The zero-order valence-corrected chi connectivity index (χ0v) is 20.5. The normalized spacial score (nSPS) is 14.3. The topological polar surface area (TPSA) is 136 Å². The van der Waals surface area contributed by atoms with Crippen LogP contribution < -0.4 is 21.1 Å². The number of benzene rings is 2. The summed E-state index contributed by atoms with van der Waals surface area (Å²) in [6, 6.07) is 15.8. The second-order valence-corrected chi connectivity index (χ2v) is 9.25. The third-order valence-corrected chi connectivity index (χ3v) is 6.86. The van der Waals surface area contributed by atoms with Crippen LogP contribution in [-0.4, -0.2) is 50.8 Å². The van der Waals surface area contributed by atoms with Gasteiger partial charge in [-0.3, -0.25) is 4.79 Å². The molecule has 1 fully saturated rings. The van der Waals surface area contributed by atoms with Gasteiger partial charge in [-0.1, -0.05) is 24.3 Å². The van der Waals surface area contributed by atoms with Gasteiger partial charge >= 0.3 is 0 Å². The number of para-hydroxylation sites is 1. The Morgan fingerprint density at radius 3 is 2.81 bits per heavy atom. The lowest BCUT2D eigenvalue weighted by molar-refractivity contribution is -0.115. The maximum absolute atomic E-state index is 12.8. The quantitative estimate of drug-likeness (QED) is 0.282. The molecule has 0 atom stereocenters. The lowest BCUT2D eigenvalue weighted by Crippen LogP contribution is -2.30. The van der Waals surface area contributed by atoms with E-state index in [1.807, 2.05) is 53.2 Å². The van der Waals surface area contributed by atoms with Crippen LogP contribution in [0.2, 0.25) is 0 Å². The van der Waals surface area contributed by atoms with E-state index in [0.717, 1.165) is 59.1 Å². The summed E-state index contributed by atoms with van der Waals surface area (Å²) in [7, 11) is 1.58. The maximum Gasteiger partial charge on any atom is 0.230 e. The molecule has 0 bridgehead atoms. The lowest BCUT2D eigenvalue weighted by atomic mass is 10.1. The number of carbonyl (C=O) groups is 1. The molecule has 0 spiro atoms. The number of rotatable bonds is 6. The number of anilines is 2. The molecular formula is C27H28N8O2. The van der Waals surface area contributed by atoms with Crippen LogP contribution in [0.25, 0.3) is 33.2 Å². The SMILES string of the molecule is COc1cc(-c2nn(C3CCNCC3)c3ncnc(N)c23)ccc1NC(=O)Cc1cc2ccccc2[nH]1. The van der Waals surface area contributed by atoms with Gasteiger partial charge in [0.25, 0.3) is 0 Å². The highest BCUT2D eigenvalue weighted by atomic mass is 16.5. The van der Waals surface area contributed by atoms with Gasteiger partial charge in [0.2, 0.25) is 5.91 Å². The van der Waals surface area contributed by atoms with Gasteiger partial charge in [-0.25, -0.2) is 14.6 Å². The zero-order valence-electron chi connectivity index (χ0n) is 20.5. The van der Waals surface area contributed by atoms with Crippen LogP contribution in [0.3, 0.4) is 0 Å². The number of carbonyl (C=O) groups excluding carboxylic acids is 1. The zero-order chi connectivity index (χ0) is 25.4. The van der Waals surface area contributed by atoms with Crippen molar-refractivity contribution in [3.05, 3.63) is 60.6 Å². The van der Waals surface area contributed by atoms with Crippen molar-refractivity contribution in [2.45, 2.75) is 25.3 Å². The number of fused-ring (bicyclic) bond motifs is 2. The van der Waals surface area contributed by atoms with Gasteiger partial charge in [0.15, 0.2) is 5.65 Å². The van der Waals surface area contributed by atoms with E-state index in [1.54, 1.807) is 7.11 Å². The van der Waals surface area contributed by atoms with Gasteiger partial charge in [-0.2, -0.15) is 5.10 Å². The monoisotopic (exact) mass is 496 g/mol. The second-order valence-electron chi connectivity index (χ2n) is 9.25. The molecule has 2 aromatic carbocycles. The largest absolute Gasteiger partial charge is 0.495 e. The third kappa shape index (κ3) is 4.36. The molecule has 0 aliphatic carbocycles. The fraction of sp³-hybridized carbons (Fsp3) is 0.259. The summed E-state index contributed by atoms with van der Waals surface area (Å²) in [5.41, 5.74) is 11.0. The number of H-pyrrole nitrogens is 1. The van der Waals surface area contributed by atoms with Crippen LogP contribution in [0, 0.1) is 0 Å². The van der Waals surface area contributed by atoms with E-state index in [0.29, 0.717) is 22.9 Å². The van der Waals surface area contributed by atoms with Crippen molar-refractivity contribution in [3.8, 4) is 17.0 Å². The number of amides is 1. The van der Waals surface area contributed by atoms with Gasteiger partial charge in [-0.05, 0) is 55.6 Å². The van der Waals surface area contributed by atoms with Crippen LogP contribution in [-0.2, 0) is 11.2 Å². The Morgan fingerprint density at radius 2 is 2.00 bits per heavy atom. The first-order valence-electron chi connectivity index (χ1n) is 12.3. The van der Waals surface area contributed by atoms with Gasteiger partial charge in [0.05, 0.1) is 30.6 Å². The molecule has 5 aromatic rings. The molecular weight excluding hydrogens is 468 g/mol. The average molecular weight is 497 g/mol. The predicted octanol–water partition coefficient (Wildman–Crippen LogP) is 3.67. The molecule has 6 rings (SSSR count). The number of hydrogen-bond donors (Lipinski definition) is 4. The van der Waals surface area contributed by atoms with E-state index in [2.05, 4.69) is 25.6 Å². The molecule has 1 aliphatic rings. The Labute approximate surface area is 213 Å². The summed E-state index contributed by atoms with van der Waals surface area (Å²) in [4.78, 5) is 24.9. The number of nitrogens with zero attached hydrogens (tertiary/aromatic N) is 4. The third-order valence-electron chi connectivity index (χ3n) is 6.86. The number of nitrogens with two attached hydrogens (primary N) is 1. The van der Waals surface area contributed by atoms with Crippen LogP contribution in [0.1, 0.15) is 24.6 Å². The summed E-state index contributed by atoms with van der Waals surface area (Å²) in [5.74, 6) is 0.772. The van der Waals surface area contributed by atoms with E-state index < -0.39 is 0 Å². The van der Waals surface area contributed by atoms with E-state index in [1.165, 1.54) is 6.33 Å². The molecule has 37 heavy (non-hydrogen) atoms. The number of piperidine rings is 1. The van der Waals surface area contributed by atoms with Gasteiger partial charge in [0, 0.05) is 16.8 Å². The molecule has 188 valence electrons. The Bertz CT molecular complexity index is 1570. The van der Waals surface area contributed by atoms with Crippen molar-refractivity contribution in [3.63, 3.8) is 0 Å². The van der Waals surface area contributed by atoms with Crippen molar-refractivity contribution < 1.29 is 9.53 Å². The fourth-order valence-corrected chi connectivity index (χ4v) is 5.04. The minimum atomic E-state index is -0.143. The molecule has 4 heterocycles. The van der Waals surface area contributed by atoms with Crippen molar-refractivity contribution in [2.24, 2.45) is 0 Å². The standard InChI is InChI=1S/C27H28N8O2/c1-37-22-13-17(6-7-21(22)33-23(36)14-18-12-16-4-2-3-5-20(16)32-18)25-24-26(28)30-15-31-27(24)35(34-25)19-8-10-29-11-9-19/h2-7,12-13,15,19,29,32H,8-11,14H2,1H3,(H,33,36)(H2,28,30,31). The van der Waals surface area contributed by atoms with Gasteiger partial charge in [-0.15, -0.1) is 0 Å². The molecule has 1 saturated heterocycles. The van der Waals surface area contributed by atoms with Crippen molar-refractivity contribution in [1.82, 2.24) is 30.0 Å². The van der Waals surface area contributed by atoms with E-state index in [4.69, 9.17) is 15.6 Å². The van der Waals surface area contributed by atoms with Gasteiger partial charge < -0.3 is 26.1 Å². The van der Waals surface area contributed by atoms with Crippen molar-refractivity contribution in [2.75, 3.05) is 31.2 Å². The molecule has 10 heteroatoms. The van der Waals surface area contributed by atoms with Crippen LogP contribution >= 0.6 is 0 Å². The number of hydrogen-bond acceptors (Lipinski definition) is 7. The highest BCUT2D eigenvalue weighted by Gasteiger charge is 2.24. The number of nitrogen functional groups attached to an aromatic ring is 1. The van der Waals surface area contributed by atoms with Crippen LogP contribution in [0.5, 0.6) is 5.75 Å². The Hall–Kier alpha value is -4.44. The van der Waals surface area contributed by atoms with E-state index in [-0.39, 0.29) is 18.4 Å². The Balaban J connectivity index is 1.30. The highest BCUT2D eigenvalue weighted by molar-refractivity contribution is 5.99. The second kappa shape index (κ2) is 9.55. The lowest BCUT2D eigenvalue weighted by Gasteiger charge is -2.23. The first-order chi connectivity index (χ1) is 18.1. The first kappa shape index (κ1) is 23.0. The number of ether oxygens (including phenoxy) is 1. The Kier molecular flexibility index (Phi) is 5.93. The summed E-state index contributed by atoms with van der Waals surface area (Å²) in [5, 5.41) is 13.1. The summed E-state index contributed by atoms with van der Waals surface area (Å²) < 4.78 is 7.62. The molecule has 1 aliphatic heterocycles. The average Bonchev–Trinajstić information content (AvgIpc) is 3.51. The summed E-state index contributed by atoms with van der Waals surface area (Å²) in [6.45, 7) is 1.87. The van der Waals surface area contributed by atoms with Crippen LogP contribution in [0.4, 0.5) is 11.5 Å². The smallest absolute Gasteiger partial charge is 0.230 e. The fourth-order valence-electron chi connectivity index (χ4n) is 5.04. The van der Waals surface area contributed by atoms with Crippen molar-refractivity contribution in [1.29, 1.82) is 0 Å². The molecule has 0 radical (unpaired) electrons. The Morgan fingerprint density at radius 1 is 1.16 bits per heavy atom. The summed E-state index contributed by atoms with van der Waals surface area (Å²) >= 11 is 0. The first-order valence-corrected chi connectivity index (χ1v) is 12.3. The number of aromatic amines is 1. The number of methoxy groups -OCH3 is 1. The van der Waals surface area contributed by atoms with Gasteiger partial charge in [0.1, 0.15) is 23.6 Å².